The standard InChI is InChI=1S/C18H12ClN3O6/c19-10-7-5-9(6-8-10)15(23)14-13-16(28-20-14)18(25)21(17(13)24)11-3-1-2-4-12(11)22(26)27/h1-8,13,16,22,26H/t13-,16-/m1/s1. The number of carbonyl (C=O) groups is 3. The Bertz CT molecular complexity index is 1020. The molecule has 1 unspecified atom stereocenters. The van der Waals surface area contributed by atoms with Gasteiger partial charge in [0.05, 0.1) is 0 Å². The summed E-state index contributed by atoms with van der Waals surface area (Å²) in [6.07, 6.45) is -1.30. The first-order valence-corrected chi connectivity index (χ1v) is 8.52. The number of quaternary nitrogens is 1. The molecule has 0 aromatic heterocycles. The van der Waals surface area contributed by atoms with Gasteiger partial charge in [0.25, 0.3) is 5.91 Å². The van der Waals surface area contributed by atoms with Gasteiger partial charge >= 0.3 is 0 Å². The van der Waals surface area contributed by atoms with Crippen molar-refractivity contribution in [3.05, 3.63) is 64.3 Å². The van der Waals surface area contributed by atoms with Gasteiger partial charge in [0.15, 0.2) is 5.69 Å². The fraction of sp³-hybridized carbons (Fsp3) is 0.111. The summed E-state index contributed by atoms with van der Waals surface area (Å²) >= 11 is 5.82. The van der Waals surface area contributed by atoms with Gasteiger partial charge in [0.2, 0.25) is 17.8 Å². The van der Waals surface area contributed by atoms with Crippen LogP contribution in [0.15, 0.2) is 53.7 Å². The van der Waals surface area contributed by atoms with Gasteiger partial charge in [0, 0.05) is 16.7 Å². The van der Waals surface area contributed by atoms with Gasteiger partial charge in [-0.1, -0.05) is 28.9 Å². The second-order valence-electron chi connectivity index (χ2n) is 6.15. The first-order valence-electron chi connectivity index (χ1n) is 8.14. The van der Waals surface area contributed by atoms with E-state index < -0.39 is 34.8 Å². The highest BCUT2D eigenvalue weighted by Gasteiger charge is 2.58. The molecule has 2 aliphatic rings. The van der Waals surface area contributed by atoms with Crippen molar-refractivity contribution < 1.29 is 29.7 Å². The van der Waals surface area contributed by atoms with Crippen LogP contribution in [0.5, 0.6) is 0 Å². The van der Waals surface area contributed by atoms with Gasteiger partial charge in [-0.05, 0) is 30.3 Å². The Kier molecular flexibility index (Phi) is 4.44. The number of nitrogens with one attached hydrogen (secondary N) is 1. The third kappa shape index (κ3) is 2.77. The van der Waals surface area contributed by atoms with Crippen LogP contribution in [0.3, 0.4) is 0 Å². The van der Waals surface area contributed by atoms with Crippen molar-refractivity contribution in [3.8, 4) is 0 Å². The number of para-hydroxylation sites is 2. The maximum Gasteiger partial charge on any atom is 0.279 e. The fourth-order valence-electron chi connectivity index (χ4n) is 3.20. The zero-order valence-electron chi connectivity index (χ0n) is 14.0. The quantitative estimate of drug-likeness (QED) is 0.445. The highest BCUT2D eigenvalue weighted by molar-refractivity contribution is 6.52. The molecule has 2 heterocycles. The summed E-state index contributed by atoms with van der Waals surface area (Å²) in [7, 11) is 0. The lowest BCUT2D eigenvalue weighted by molar-refractivity contribution is -0.990. The van der Waals surface area contributed by atoms with E-state index in [0.29, 0.717) is 5.02 Å². The highest BCUT2D eigenvalue weighted by Crippen LogP contribution is 2.36. The molecule has 0 aliphatic carbocycles. The number of halogens is 1. The Balaban J connectivity index is 1.69. The van der Waals surface area contributed by atoms with E-state index in [1.54, 1.807) is 0 Å². The minimum Gasteiger partial charge on any atom is -0.595 e. The number of oxime groups is 1. The van der Waals surface area contributed by atoms with Gasteiger partial charge in [-0.15, -0.1) is 0 Å². The number of anilines is 1. The average molecular weight is 402 g/mol. The number of amides is 2. The predicted octanol–water partition coefficient (Wildman–Crippen LogP) is 0.871. The second-order valence-corrected chi connectivity index (χ2v) is 6.59. The molecule has 2 aromatic carbocycles. The van der Waals surface area contributed by atoms with Crippen molar-refractivity contribution in [2.75, 3.05) is 4.90 Å². The summed E-state index contributed by atoms with van der Waals surface area (Å²) in [5.41, 5.74) is -0.272. The van der Waals surface area contributed by atoms with Gasteiger partial charge in [-0.2, -0.15) is 5.23 Å². The normalized spacial score (nSPS) is 22.0. The van der Waals surface area contributed by atoms with Crippen LogP contribution in [0.2, 0.25) is 5.02 Å². The molecule has 2 amide bonds. The van der Waals surface area contributed by atoms with Crippen LogP contribution in [-0.2, 0) is 14.4 Å². The SMILES string of the molecule is O=C(C1=NO[C@H]2C(=O)N(c3ccccc3[NH+]([O-])O)C(=O)[C@H]12)c1ccc(Cl)cc1. The molecular formula is C18H12ClN3O6. The van der Waals surface area contributed by atoms with Gasteiger partial charge in [-0.25, -0.2) is 10.1 Å². The van der Waals surface area contributed by atoms with E-state index >= 15 is 0 Å². The molecule has 4 rings (SSSR count). The molecule has 2 aliphatic heterocycles. The molecule has 9 nitrogen and oxygen atoms in total. The average Bonchev–Trinajstić information content (AvgIpc) is 3.22. The molecule has 0 saturated carbocycles. The molecule has 1 saturated heterocycles. The van der Waals surface area contributed by atoms with E-state index in [2.05, 4.69) is 5.16 Å². The largest absolute Gasteiger partial charge is 0.595 e. The van der Waals surface area contributed by atoms with Crippen molar-refractivity contribution in [2.24, 2.45) is 11.1 Å². The van der Waals surface area contributed by atoms with Crippen molar-refractivity contribution >= 4 is 46.3 Å². The number of fused-ring (bicyclic) bond motifs is 1. The van der Waals surface area contributed by atoms with E-state index in [0.717, 1.165) is 4.90 Å². The number of nitrogens with zero attached hydrogens (tertiary/aromatic N) is 2. The first kappa shape index (κ1) is 18.3. The maximum atomic E-state index is 13.0. The number of carbonyl (C=O) groups excluding carboxylic acids is 3. The molecule has 2 N–H and O–H groups in total. The summed E-state index contributed by atoms with van der Waals surface area (Å²) in [5, 5.41) is 23.6. The first-order chi connectivity index (χ1) is 13.4. The van der Waals surface area contributed by atoms with Gasteiger partial charge < -0.3 is 10.0 Å². The molecule has 1 fully saturated rings. The van der Waals surface area contributed by atoms with Crippen molar-refractivity contribution in [1.82, 2.24) is 0 Å². The van der Waals surface area contributed by atoms with Crippen molar-refractivity contribution in [1.29, 1.82) is 0 Å². The summed E-state index contributed by atoms with van der Waals surface area (Å²) in [4.78, 5) is 44.2. The molecule has 0 bridgehead atoms. The van der Waals surface area contributed by atoms with E-state index in [-0.39, 0.29) is 22.6 Å². The lowest BCUT2D eigenvalue weighted by Gasteiger charge is -2.20. The number of hydrogen-bond acceptors (Lipinski definition) is 7. The Morgan fingerprint density at radius 1 is 1.14 bits per heavy atom. The number of hydrogen-bond donors (Lipinski definition) is 2. The van der Waals surface area contributed by atoms with Crippen LogP contribution < -0.4 is 10.1 Å². The lowest BCUT2D eigenvalue weighted by atomic mass is 9.93. The number of ketones is 1. The Morgan fingerprint density at radius 2 is 1.82 bits per heavy atom. The van der Waals surface area contributed by atoms with Crippen LogP contribution in [0.25, 0.3) is 0 Å². The number of imide groups is 1. The third-order valence-corrected chi connectivity index (χ3v) is 4.78. The van der Waals surface area contributed by atoms with Crippen LogP contribution in [-0.4, -0.2) is 34.6 Å². The van der Waals surface area contributed by atoms with Crippen LogP contribution in [0.1, 0.15) is 10.4 Å². The Hall–Kier alpha value is -3.11. The third-order valence-electron chi connectivity index (χ3n) is 4.53. The van der Waals surface area contributed by atoms with Gasteiger partial charge in [0.1, 0.15) is 17.3 Å². The minimum absolute atomic E-state index is 0.0821. The zero-order valence-corrected chi connectivity index (χ0v) is 14.8. The minimum atomic E-state index is -1.30. The monoisotopic (exact) mass is 401 g/mol. The van der Waals surface area contributed by atoms with Crippen molar-refractivity contribution in [3.63, 3.8) is 0 Å². The lowest BCUT2D eigenvalue weighted by Crippen LogP contribution is -2.99. The number of benzene rings is 2. The Labute approximate surface area is 162 Å². The topological polar surface area (TPSA) is 124 Å². The highest BCUT2D eigenvalue weighted by atomic mass is 35.5. The summed E-state index contributed by atoms with van der Waals surface area (Å²) in [5.74, 6) is -3.34. The summed E-state index contributed by atoms with van der Waals surface area (Å²) in [6.45, 7) is 0. The molecule has 3 atom stereocenters. The second kappa shape index (κ2) is 6.80. The molecule has 142 valence electrons. The molecule has 0 spiro atoms. The van der Waals surface area contributed by atoms with E-state index in [4.69, 9.17) is 16.4 Å². The zero-order chi connectivity index (χ0) is 20.0. The predicted molar refractivity (Wildman–Crippen MR) is 96.3 cm³/mol. The van der Waals surface area contributed by atoms with Crippen molar-refractivity contribution in [2.45, 2.75) is 6.10 Å². The fourth-order valence-corrected chi connectivity index (χ4v) is 3.33. The van der Waals surface area contributed by atoms with E-state index in [1.807, 2.05) is 0 Å². The Morgan fingerprint density at radius 3 is 2.50 bits per heavy atom. The number of Topliss-reactive ketones (excluding diaryl/α,β-unsaturated/α-hetero) is 1. The summed E-state index contributed by atoms with van der Waals surface area (Å²) < 4.78 is 0. The van der Waals surface area contributed by atoms with Gasteiger partial charge in [-0.3, -0.25) is 14.4 Å². The van der Waals surface area contributed by atoms with E-state index in [9.17, 15) is 24.8 Å². The molecule has 10 heteroatoms. The molecular weight excluding hydrogens is 390 g/mol. The smallest absolute Gasteiger partial charge is 0.279 e. The molecule has 2 aromatic rings. The molecule has 0 radical (unpaired) electrons. The van der Waals surface area contributed by atoms with Crippen LogP contribution in [0.4, 0.5) is 11.4 Å². The van der Waals surface area contributed by atoms with Crippen LogP contribution in [0, 0.1) is 11.1 Å². The van der Waals surface area contributed by atoms with Crippen LogP contribution >= 0.6 is 11.6 Å². The maximum absolute atomic E-state index is 13.0. The molecule has 28 heavy (non-hydrogen) atoms. The summed E-state index contributed by atoms with van der Waals surface area (Å²) in [6, 6.07) is 11.6. The van der Waals surface area contributed by atoms with E-state index in [1.165, 1.54) is 48.5 Å². The number of rotatable bonds is 4.